The summed E-state index contributed by atoms with van der Waals surface area (Å²) in [7, 11) is 0. The van der Waals surface area contributed by atoms with E-state index in [0.717, 1.165) is 0 Å². The van der Waals surface area contributed by atoms with Crippen LogP contribution in [-0.4, -0.2) is 113 Å². The summed E-state index contributed by atoms with van der Waals surface area (Å²) in [5, 5.41) is 33.6. The average Bonchev–Trinajstić information content (AvgIpc) is 3.06. The van der Waals surface area contributed by atoms with Gasteiger partial charge in [-0.3, -0.25) is 33.6 Å². The molecule has 0 saturated heterocycles. The first-order valence-electron chi connectivity index (χ1n) is 18.1. The SMILES string of the molecule is CC(C)[C@H](N)C(=O)N[C@@H](C)C(=O)N[C@H](C(=O)N[C@H](C(=O)N[C@@H](CCCCN)C(=O)N[C@@H](CCCCN)C(=O)N[C@@H](CC(=O)O)C(=O)O)C(C)C)C(C)C. The molecule has 0 aliphatic heterocycles. The van der Waals surface area contributed by atoms with E-state index in [9.17, 15) is 43.5 Å². The minimum Gasteiger partial charge on any atom is -0.481 e. The zero-order valence-corrected chi connectivity index (χ0v) is 32.0. The van der Waals surface area contributed by atoms with Crippen LogP contribution in [0.2, 0.25) is 0 Å². The third-order valence-corrected chi connectivity index (χ3v) is 8.42. The van der Waals surface area contributed by atoms with Crippen molar-refractivity contribution in [1.29, 1.82) is 0 Å². The van der Waals surface area contributed by atoms with Crippen LogP contribution in [0.25, 0.3) is 0 Å². The fraction of sp³-hybridized carbons (Fsp3) is 0.765. The lowest BCUT2D eigenvalue weighted by Gasteiger charge is -2.29. The molecule has 0 rings (SSSR count). The van der Waals surface area contributed by atoms with Gasteiger partial charge in [0.05, 0.1) is 12.5 Å². The number of hydrogen-bond acceptors (Lipinski definition) is 11. The van der Waals surface area contributed by atoms with Crippen molar-refractivity contribution in [3.63, 3.8) is 0 Å². The fourth-order valence-electron chi connectivity index (χ4n) is 4.97. The lowest BCUT2D eigenvalue weighted by atomic mass is 9.98. The third kappa shape index (κ3) is 18.3. The maximum absolute atomic E-state index is 13.7. The molecule has 0 spiro atoms. The summed E-state index contributed by atoms with van der Waals surface area (Å²) < 4.78 is 0. The summed E-state index contributed by atoms with van der Waals surface area (Å²) in [5.74, 6) is -8.43. The number of carbonyl (C=O) groups is 8. The molecule has 19 heteroatoms. The van der Waals surface area contributed by atoms with Gasteiger partial charge in [-0.2, -0.15) is 0 Å². The number of rotatable bonds is 26. The Labute approximate surface area is 311 Å². The first-order valence-corrected chi connectivity index (χ1v) is 18.1. The standard InChI is InChI=1S/C34H63N9O10/c1-17(2)25(37)31(49)38-20(7)28(46)42-27(19(5)6)33(51)43-26(18(3)4)32(50)40-22(13-9-11-15-36)29(47)39-21(12-8-10-14-35)30(48)41-23(34(52)53)16-24(44)45/h17-23,25-27H,8-16,35-37H2,1-7H3,(H,38,49)(H,39,47)(H,40,50)(H,41,48)(H,42,46)(H,43,51)(H,44,45)(H,52,53)/t20-,21-,22-,23-,25-,26-,27-/m0/s1. The number of unbranched alkanes of at least 4 members (excludes halogenated alkanes) is 2. The van der Waals surface area contributed by atoms with Gasteiger partial charge in [-0.05, 0) is 76.3 Å². The van der Waals surface area contributed by atoms with Crippen molar-refractivity contribution in [3.8, 4) is 0 Å². The molecule has 0 fully saturated rings. The molecule has 0 bridgehead atoms. The zero-order valence-electron chi connectivity index (χ0n) is 32.0. The van der Waals surface area contributed by atoms with Crippen LogP contribution in [0.1, 0.15) is 93.4 Å². The molecule has 19 nitrogen and oxygen atoms in total. The minimum atomic E-state index is -1.76. The van der Waals surface area contributed by atoms with Crippen LogP contribution in [0.5, 0.6) is 0 Å². The smallest absolute Gasteiger partial charge is 0.326 e. The third-order valence-electron chi connectivity index (χ3n) is 8.42. The number of hydrogen-bond donors (Lipinski definition) is 11. The van der Waals surface area contributed by atoms with Crippen molar-refractivity contribution in [2.24, 2.45) is 35.0 Å². The molecular weight excluding hydrogens is 694 g/mol. The molecule has 53 heavy (non-hydrogen) atoms. The summed E-state index contributed by atoms with van der Waals surface area (Å²) in [5.41, 5.74) is 17.1. The van der Waals surface area contributed by atoms with E-state index in [1.807, 2.05) is 0 Å². The van der Waals surface area contributed by atoms with E-state index in [0.29, 0.717) is 32.2 Å². The van der Waals surface area contributed by atoms with Gasteiger partial charge >= 0.3 is 11.9 Å². The first kappa shape index (κ1) is 48.6. The van der Waals surface area contributed by atoms with E-state index >= 15 is 0 Å². The number of carboxylic acids is 2. The Morgan fingerprint density at radius 2 is 0.887 bits per heavy atom. The van der Waals surface area contributed by atoms with Crippen LogP contribution >= 0.6 is 0 Å². The maximum atomic E-state index is 13.7. The predicted octanol–water partition coefficient (Wildman–Crippen LogP) is -1.97. The summed E-state index contributed by atoms with van der Waals surface area (Å²) in [6.07, 6.45) is 0.971. The molecule has 0 aromatic heterocycles. The first-order chi connectivity index (χ1) is 24.7. The number of amides is 6. The molecule has 0 unspecified atom stereocenters. The van der Waals surface area contributed by atoms with Crippen LogP contribution in [0.3, 0.4) is 0 Å². The second-order valence-corrected chi connectivity index (χ2v) is 14.1. The van der Waals surface area contributed by atoms with Crippen molar-refractivity contribution in [1.82, 2.24) is 31.9 Å². The van der Waals surface area contributed by atoms with E-state index in [4.69, 9.17) is 22.3 Å². The molecule has 7 atom stereocenters. The van der Waals surface area contributed by atoms with E-state index in [-0.39, 0.29) is 25.3 Å². The maximum Gasteiger partial charge on any atom is 0.326 e. The highest BCUT2D eigenvalue weighted by Gasteiger charge is 2.35. The molecule has 0 aromatic rings. The number of nitrogens with one attached hydrogen (secondary N) is 6. The van der Waals surface area contributed by atoms with Crippen LogP contribution in [-0.2, 0) is 38.4 Å². The van der Waals surface area contributed by atoms with Gasteiger partial charge in [0.1, 0.15) is 36.3 Å². The molecule has 0 aliphatic carbocycles. The van der Waals surface area contributed by atoms with Gasteiger partial charge in [-0.15, -0.1) is 0 Å². The normalized spacial score (nSPS) is 15.3. The van der Waals surface area contributed by atoms with E-state index < -0.39 is 108 Å². The van der Waals surface area contributed by atoms with E-state index in [1.54, 1.807) is 41.5 Å². The van der Waals surface area contributed by atoms with Gasteiger partial charge in [-0.1, -0.05) is 41.5 Å². The molecule has 0 saturated carbocycles. The van der Waals surface area contributed by atoms with E-state index in [1.165, 1.54) is 6.92 Å². The van der Waals surface area contributed by atoms with Gasteiger partial charge in [0.2, 0.25) is 35.4 Å². The monoisotopic (exact) mass is 757 g/mol. The van der Waals surface area contributed by atoms with E-state index in [2.05, 4.69) is 31.9 Å². The number of nitrogens with two attached hydrogens (primary N) is 3. The predicted molar refractivity (Wildman–Crippen MR) is 195 cm³/mol. The van der Waals surface area contributed by atoms with Crippen LogP contribution in [0.4, 0.5) is 0 Å². The zero-order chi connectivity index (χ0) is 41.0. The second kappa shape index (κ2) is 24.8. The van der Waals surface area contributed by atoms with Crippen LogP contribution in [0, 0.1) is 17.8 Å². The molecule has 0 radical (unpaired) electrons. The summed E-state index contributed by atoms with van der Waals surface area (Å²) in [6.45, 7) is 12.3. The molecule has 0 aliphatic rings. The number of carboxylic acid groups (broad SMARTS) is 2. The number of carbonyl (C=O) groups excluding carboxylic acids is 6. The lowest BCUT2D eigenvalue weighted by molar-refractivity contribution is -0.147. The van der Waals surface area contributed by atoms with Gasteiger partial charge in [-0.25, -0.2) is 4.79 Å². The van der Waals surface area contributed by atoms with Crippen molar-refractivity contribution < 1.29 is 48.6 Å². The van der Waals surface area contributed by atoms with Crippen LogP contribution < -0.4 is 49.1 Å². The Morgan fingerprint density at radius 3 is 1.26 bits per heavy atom. The fourth-order valence-corrected chi connectivity index (χ4v) is 4.97. The topological polar surface area (TPSA) is 327 Å². The molecule has 14 N–H and O–H groups in total. The van der Waals surface area contributed by atoms with Crippen molar-refractivity contribution in [2.45, 2.75) is 136 Å². The summed E-state index contributed by atoms with van der Waals surface area (Å²) >= 11 is 0. The van der Waals surface area contributed by atoms with Crippen molar-refractivity contribution in [2.75, 3.05) is 13.1 Å². The molecule has 0 aromatic carbocycles. The Hall–Kier alpha value is -4.36. The quantitative estimate of drug-likeness (QED) is 0.0427. The molecule has 304 valence electrons. The average molecular weight is 758 g/mol. The van der Waals surface area contributed by atoms with Gasteiger partial charge in [0, 0.05) is 0 Å². The van der Waals surface area contributed by atoms with Gasteiger partial charge < -0.3 is 59.3 Å². The minimum absolute atomic E-state index is 0.0392. The summed E-state index contributed by atoms with van der Waals surface area (Å²) in [4.78, 5) is 102. The highest BCUT2D eigenvalue weighted by Crippen LogP contribution is 2.11. The summed E-state index contributed by atoms with van der Waals surface area (Å²) in [6, 6.07) is -8.41. The molecule has 6 amide bonds. The molecular formula is C34H63N9O10. The van der Waals surface area contributed by atoms with Crippen LogP contribution in [0.15, 0.2) is 0 Å². The van der Waals surface area contributed by atoms with Gasteiger partial charge in [0.15, 0.2) is 0 Å². The Morgan fingerprint density at radius 1 is 0.491 bits per heavy atom. The Kier molecular flexibility index (Phi) is 22.8. The van der Waals surface area contributed by atoms with Gasteiger partial charge in [0.25, 0.3) is 0 Å². The highest BCUT2D eigenvalue weighted by atomic mass is 16.4. The molecule has 0 heterocycles. The van der Waals surface area contributed by atoms with Crippen molar-refractivity contribution >= 4 is 47.4 Å². The highest BCUT2D eigenvalue weighted by molar-refractivity contribution is 5.97. The Balaban J connectivity index is 6.09. The largest absolute Gasteiger partial charge is 0.481 e. The van der Waals surface area contributed by atoms with Crippen molar-refractivity contribution in [3.05, 3.63) is 0 Å². The lowest BCUT2D eigenvalue weighted by Crippen LogP contribution is -2.61. The number of aliphatic carboxylic acids is 2. The second-order valence-electron chi connectivity index (χ2n) is 14.1. The Bertz CT molecular complexity index is 1250.